The summed E-state index contributed by atoms with van der Waals surface area (Å²) in [5, 5.41) is 20.3. The van der Waals surface area contributed by atoms with Crippen molar-refractivity contribution in [2.75, 3.05) is 32.8 Å². The summed E-state index contributed by atoms with van der Waals surface area (Å²) in [5.41, 5.74) is 0. The van der Waals surface area contributed by atoms with Crippen molar-refractivity contribution in [3.63, 3.8) is 0 Å². The molecule has 17 heavy (non-hydrogen) atoms. The number of rotatable bonds is 7. The van der Waals surface area contributed by atoms with Gasteiger partial charge in [0.25, 0.3) is 0 Å². The van der Waals surface area contributed by atoms with Crippen LogP contribution in [0.15, 0.2) is 0 Å². The van der Waals surface area contributed by atoms with Crippen molar-refractivity contribution < 1.29 is 15.0 Å². The minimum Gasteiger partial charge on any atom is -0.395 e. The molecular weight excluding hydrogens is 220 g/mol. The molecule has 0 aromatic heterocycles. The van der Waals surface area contributed by atoms with E-state index in [1.54, 1.807) is 0 Å². The number of hydrogen-bond acceptors (Lipinski definition) is 4. The molecule has 5 nitrogen and oxygen atoms in total. The molecule has 0 bridgehead atoms. The third-order valence-corrected chi connectivity index (χ3v) is 3.26. The lowest BCUT2D eigenvalue weighted by molar-refractivity contribution is -0.123. The number of aliphatic hydroxyl groups excluding tert-OH is 2. The Hall–Kier alpha value is -0.650. The molecule has 1 saturated carbocycles. The van der Waals surface area contributed by atoms with E-state index < -0.39 is 0 Å². The predicted octanol–water partition coefficient (Wildman–Crippen LogP) is -0.278. The van der Waals surface area contributed by atoms with Crippen LogP contribution >= 0.6 is 0 Å². The van der Waals surface area contributed by atoms with Crippen molar-refractivity contribution in [3.8, 4) is 0 Å². The highest BCUT2D eigenvalue weighted by molar-refractivity contribution is 5.78. The van der Waals surface area contributed by atoms with Crippen molar-refractivity contribution in [2.24, 2.45) is 0 Å². The van der Waals surface area contributed by atoms with E-state index in [0.29, 0.717) is 25.7 Å². The largest absolute Gasteiger partial charge is 0.395 e. The van der Waals surface area contributed by atoms with Crippen molar-refractivity contribution in [1.29, 1.82) is 0 Å². The minimum atomic E-state index is -0.0712. The number of nitrogens with zero attached hydrogens (tertiary/aromatic N) is 1. The lowest BCUT2D eigenvalue weighted by Gasteiger charge is -2.33. The zero-order valence-corrected chi connectivity index (χ0v) is 10.4. The summed E-state index contributed by atoms with van der Waals surface area (Å²) in [6.45, 7) is 1.23. The van der Waals surface area contributed by atoms with Gasteiger partial charge in [0, 0.05) is 19.1 Å². The molecule has 3 N–H and O–H groups in total. The van der Waals surface area contributed by atoms with E-state index >= 15 is 0 Å². The zero-order chi connectivity index (χ0) is 12.5. The van der Waals surface area contributed by atoms with Gasteiger partial charge in [-0.2, -0.15) is 0 Å². The van der Waals surface area contributed by atoms with Crippen LogP contribution in [0.1, 0.15) is 32.1 Å². The van der Waals surface area contributed by atoms with Crippen molar-refractivity contribution in [2.45, 2.75) is 38.1 Å². The summed E-state index contributed by atoms with van der Waals surface area (Å²) in [4.78, 5) is 13.6. The Morgan fingerprint density at radius 2 is 1.88 bits per heavy atom. The molecule has 0 radical (unpaired) electrons. The normalized spacial score (nSPS) is 17.4. The fourth-order valence-corrected chi connectivity index (χ4v) is 2.40. The van der Waals surface area contributed by atoms with Gasteiger partial charge in [0.1, 0.15) is 0 Å². The SMILES string of the molecule is O=C(CN(CCO)C1CCCCC1)NCCO. The first-order chi connectivity index (χ1) is 8.27. The van der Waals surface area contributed by atoms with Crippen molar-refractivity contribution in [1.82, 2.24) is 10.2 Å². The van der Waals surface area contributed by atoms with E-state index in [-0.39, 0.29) is 19.1 Å². The summed E-state index contributed by atoms with van der Waals surface area (Å²) in [7, 11) is 0. The van der Waals surface area contributed by atoms with Crippen LogP contribution in [0.4, 0.5) is 0 Å². The van der Waals surface area contributed by atoms with Crippen molar-refractivity contribution in [3.05, 3.63) is 0 Å². The summed E-state index contributed by atoms with van der Waals surface area (Å²) in [6.07, 6.45) is 5.94. The van der Waals surface area contributed by atoms with E-state index in [0.717, 1.165) is 12.8 Å². The van der Waals surface area contributed by atoms with E-state index in [9.17, 15) is 4.79 Å². The van der Waals surface area contributed by atoms with Gasteiger partial charge in [0.15, 0.2) is 0 Å². The van der Waals surface area contributed by atoms with Gasteiger partial charge in [-0.15, -0.1) is 0 Å². The molecule has 1 fully saturated rings. The number of amides is 1. The highest BCUT2D eigenvalue weighted by Gasteiger charge is 2.22. The molecule has 0 heterocycles. The molecule has 0 aromatic rings. The van der Waals surface area contributed by atoms with Crippen LogP contribution in [0.25, 0.3) is 0 Å². The standard InChI is InChI=1S/C12H24N2O3/c15-8-6-13-12(17)10-14(7-9-16)11-4-2-1-3-5-11/h11,15-16H,1-10H2,(H,13,17). The fourth-order valence-electron chi connectivity index (χ4n) is 2.40. The van der Waals surface area contributed by atoms with Gasteiger partial charge in [-0.1, -0.05) is 19.3 Å². The van der Waals surface area contributed by atoms with Crippen LogP contribution < -0.4 is 5.32 Å². The molecular formula is C12H24N2O3. The maximum absolute atomic E-state index is 11.6. The summed E-state index contributed by atoms with van der Waals surface area (Å²) in [6, 6.07) is 0.427. The van der Waals surface area contributed by atoms with E-state index in [2.05, 4.69) is 10.2 Å². The molecule has 0 spiro atoms. The Morgan fingerprint density at radius 1 is 1.18 bits per heavy atom. The summed E-state index contributed by atoms with van der Waals surface area (Å²) >= 11 is 0. The first-order valence-corrected chi connectivity index (χ1v) is 6.50. The molecule has 0 aromatic carbocycles. The minimum absolute atomic E-state index is 0.0326. The van der Waals surface area contributed by atoms with Crippen LogP contribution in [0, 0.1) is 0 Å². The third-order valence-electron chi connectivity index (χ3n) is 3.26. The Balaban J connectivity index is 2.38. The molecule has 5 heteroatoms. The topological polar surface area (TPSA) is 72.8 Å². The van der Waals surface area contributed by atoms with Crippen LogP contribution in [0.5, 0.6) is 0 Å². The second kappa shape index (κ2) is 8.44. The van der Waals surface area contributed by atoms with Crippen LogP contribution in [-0.4, -0.2) is 59.9 Å². The maximum Gasteiger partial charge on any atom is 0.234 e. The number of nitrogens with one attached hydrogen (secondary N) is 1. The van der Waals surface area contributed by atoms with Gasteiger partial charge < -0.3 is 15.5 Å². The Labute approximate surface area is 103 Å². The first kappa shape index (κ1) is 14.4. The van der Waals surface area contributed by atoms with Gasteiger partial charge in [0.2, 0.25) is 5.91 Å². The lowest BCUT2D eigenvalue weighted by atomic mass is 9.94. The Morgan fingerprint density at radius 3 is 2.47 bits per heavy atom. The van der Waals surface area contributed by atoms with Crippen LogP contribution in [-0.2, 0) is 4.79 Å². The number of hydrogen-bond donors (Lipinski definition) is 3. The van der Waals surface area contributed by atoms with Gasteiger partial charge in [-0.25, -0.2) is 0 Å². The van der Waals surface area contributed by atoms with Gasteiger partial charge >= 0.3 is 0 Å². The first-order valence-electron chi connectivity index (χ1n) is 6.50. The third kappa shape index (κ3) is 5.48. The number of carbonyl (C=O) groups excluding carboxylic acids is 1. The fraction of sp³-hybridized carbons (Fsp3) is 0.917. The van der Waals surface area contributed by atoms with Gasteiger partial charge in [-0.05, 0) is 12.8 Å². The van der Waals surface area contributed by atoms with E-state index in [1.807, 2.05) is 0 Å². The highest BCUT2D eigenvalue weighted by atomic mass is 16.3. The maximum atomic E-state index is 11.6. The molecule has 0 atom stereocenters. The summed E-state index contributed by atoms with van der Waals surface area (Å²) < 4.78 is 0. The molecule has 1 aliphatic carbocycles. The second-order valence-electron chi connectivity index (χ2n) is 4.56. The highest BCUT2D eigenvalue weighted by Crippen LogP contribution is 2.22. The monoisotopic (exact) mass is 244 g/mol. The van der Waals surface area contributed by atoms with E-state index in [1.165, 1.54) is 19.3 Å². The van der Waals surface area contributed by atoms with Crippen LogP contribution in [0.2, 0.25) is 0 Å². The smallest absolute Gasteiger partial charge is 0.234 e. The van der Waals surface area contributed by atoms with Gasteiger partial charge in [-0.3, -0.25) is 9.69 Å². The Kier molecular flexibility index (Phi) is 7.16. The van der Waals surface area contributed by atoms with Gasteiger partial charge in [0.05, 0.1) is 19.8 Å². The number of carbonyl (C=O) groups is 1. The Bertz CT molecular complexity index is 218. The summed E-state index contributed by atoms with van der Waals surface area (Å²) in [5.74, 6) is -0.0712. The van der Waals surface area contributed by atoms with Crippen LogP contribution in [0.3, 0.4) is 0 Å². The zero-order valence-electron chi connectivity index (χ0n) is 10.4. The molecule has 100 valence electrons. The molecule has 1 amide bonds. The molecule has 0 aliphatic heterocycles. The average molecular weight is 244 g/mol. The molecule has 0 saturated heterocycles. The molecule has 0 unspecified atom stereocenters. The lowest BCUT2D eigenvalue weighted by Crippen LogP contribution is -2.45. The van der Waals surface area contributed by atoms with Crippen molar-refractivity contribution >= 4 is 5.91 Å². The quantitative estimate of drug-likeness (QED) is 0.576. The second-order valence-corrected chi connectivity index (χ2v) is 4.56. The molecule has 1 rings (SSSR count). The average Bonchev–Trinajstić information content (AvgIpc) is 2.37. The molecule has 1 aliphatic rings. The predicted molar refractivity (Wildman–Crippen MR) is 65.6 cm³/mol. The van der Waals surface area contributed by atoms with E-state index in [4.69, 9.17) is 10.2 Å². The number of aliphatic hydroxyl groups is 2.